The standard InChI is InChI=1S/C22H18ClF2N3O2/c1-12(2)13-7-5-9-26-20(13)27-22(30)28-21(29)16-10-17(23)15(11-19(16)25)14-6-3-4-8-18(14)24/h3-12H,1-2H3,(H2,26,27,28,29,30). The van der Waals surface area contributed by atoms with Crippen LogP contribution >= 0.6 is 11.6 Å². The van der Waals surface area contributed by atoms with E-state index in [4.69, 9.17) is 11.6 Å². The van der Waals surface area contributed by atoms with Crippen molar-refractivity contribution in [1.82, 2.24) is 10.3 Å². The van der Waals surface area contributed by atoms with E-state index in [1.165, 1.54) is 24.4 Å². The van der Waals surface area contributed by atoms with Gasteiger partial charge in [-0.1, -0.05) is 49.7 Å². The predicted molar refractivity (Wildman–Crippen MR) is 112 cm³/mol. The molecule has 1 aromatic heterocycles. The van der Waals surface area contributed by atoms with Gasteiger partial charge in [0.05, 0.1) is 5.56 Å². The molecule has 3 amide bonds. The van der Waals surface area contributed by atoms with Crippen LogP contribution < -0.4 is 10.6 Å². The van der Waals surface area contributed by atoms with Gasteiger partial charge in [-0.3, -0.25) is 15.4 Å². The number of urea groups is 1. The Kier molecular flexibility index (Phi) is 6.42. The Morgan fingerprint density at radius 2 is 1.73 bits per heavy atom. The molecule has 5 nitrogen and oxygen atoms in total. The molecule has 3 aromatic rings. The number of imide groups is 1. The number of benzene rings is 2. The minimum atomic E-state index is -0.992. The third-order valence-corrected chi connectivity index (χ3v) is 4.70. The van der Waals surface area contributed by atoms with Gasteiger partial charge >= 0.3 is 6.03 Å². The van der Waals surface area contributed by atoms with Gasteiger partial charge in [0.2, 0.25) is 0 Å². The van der Waals surface area contributed by atoms with Crippen molar-refractivity contribution in [3.8, 4) is 11.1 Å². The molecule has 8 heteroatoms. The monoisotopic (exact) mass is 429 g/mol. The lowest BCUT2D eigenvalue weighted by molar-refractivity contribution is 0.0963. The maximum absolute atomic E-state index is 14.6. The Morgan fingerprint density at radius 3 is 2.43 bits per heavy atom. The van der Waals surface area contributed by atoms with Crippen LogP contribution in [0, 0.1) is 11.6 Å². The molecular formula is C22H18ClF2N3O2. The van der Waals surface area contributed by atoms with Crippen molar-refractivity contribution in [3.63, 3.8) is 0 Å². The summed E-state index contributed by atoms with van der Waals surface area (Å²) in [6.07, 6.45) is 1.50. The van der Waals surface area contributed by atoms with Crippen molar-refractivity contribution in [2.75, 3.05) is 5.32 Å². The lowest BCUT2D eigenvalue weighted by atomic mass is 10.0. The number of hydrogen-bond donors (Lipinski definition) is 2. The molecule has 0 fully saturated rings. The molecule has 154 valence electrons. The minimum absolute atomic E-state index is 0.0288. The molecule has 0 aliphatic rings. The second kappa shape index (κ2) is 9.00. The highest BCUT2D eigenvalue weighted by atomic mass is 35.5. The number of halogens is 3. The van der Waals surface area contributed by atoms with Gasteiger partial charge in [0, 0.05) is 22.3 Å². The van der Waals surface area contributed by atoms with E-state index < -0.39 is 29.1 Å². The van der Waals surface area contributed by atoms with E-state index in [0.29, 0.717) is 5.82 Å². The number of amides is 3. The van der Waals surface area contributed by atoms with Gasteiger partial charge in [-0.05, 0) is 35.7 Å². The molecule has 2 aromatic carbocycles. The van der Waals surface area contributed by atoms with Crippen LogP contribution in [0.25, 0.3) is 11.1 Å². The Balaban J connectivity index is 1.80. The maximum atomic E-state index is 14.6. The van der Waals surface area contributed by atoms with Crippen LogP contribution in [0.1, 0.15) is 35.7 Å². The molecule has 0 aliphatic carbocycles. The summed E-state index contributed by atoms with van der Waals surface area (Å²) in [7, 11) is 0. The third kappa shape index (κ3) is 4.63. The highest BCUT2D eigenvalue weighted by molar-refractivity contribution is 6.33. The molecular weight excluding hydrogens is 412 g/mol. The lowest BCUT2D eigenvalue weighted by Gasteiger charge is -2.13. The van der Waals surface area contributed by atoms with Gasteiger partial charge < -0.3 is 0 Å². The summed E-state index contributed by atoms with van der Waals surface area (Å²) >= 11 is 6.15. The maximum Gasteiger partial charge on any atom is 0.327 e. The molecule has 0 saturated heterocycles. The first-order valence-corrected chi connectivity index (χ1v) is 9.47. The zero-order valence-electron chi connectivity index (χ0n) is 16.2. The number of nitrogens with zero attached hydrogens (tertiary/aromatic N) is 1. The fraction of sp³-hybridized carbons (Fsp3) is 0.136. The van der Waals surface area contributed by atoms with Crippen LogP contribution in [0.5, 0.6) is 0 Å². The summed E-state index contributed by atoms with van der Waals surface area (Å²) in [5, 5.41) is 4.50. The molecule has 0 unspecified atom stereocenters. The fourth-order valence-electron chi connectivity index (χ4n) is 2.90. The van der Waals surface area contributed by atoms with E-state index in [-0.39, 0.29) is 22.1 Å². The zero-order valence-corrected chi connectivity index (χ0v) is 16.9. The first kappa shape index (κ1) is 21.4. The van der Waals surface area contributed by atoms with E-state index in [1.807, 2.05) is 19.2 Å². The second-order valence-electron chi connectivity index (χ2n) is 6.80. The number of rotatable bonds is 4. The third-order valence-electron chi connectivity index (χ3n) is 4.39. The summed E-state index contributed by atoms with van der Waals surface area (Å²) in [4.78, 5) is 28.7. The molecule has 2 N–H and O–H groups in total. The number of anilines is 1. The summed E-state index contributed by atoms with van der Waals surface area (Å²) in [6.45, 7) is 3.86. The van der Waals surface area contributed by atoms with Crippen molar-refractivity contribution >= 4 is 29.4 Å². The molecule has 1 heterocycles. The number of nitrogens with one attached hydrogen (secondary N) is 2. The number of aromatic nitrogens is 1. The number of carbonyl (C=O) groups is 2. The van der Waals surface area contributed by atoms with Gasteiger partial charge in [0.25, 0.3) is 5.91 Å². The molecule has 0 atom stereocenters. The van der Waals surface area contributed by atoms with E-state index >= 15 is 0 Å². The molecule has 30 heavy (non-hydrogen) atoms. The molecule has 0 aliphatic heterocycles. The largest absolute Gasteiger partial charge is 0.327 e. The van der Waals surface area contributed by atoms with Crippen molar-refractivity contribution in [1.29, 1.82) is 0 Å². The Bertz CT molecular complexity index is 1120. The highest BCUT2D eigenvalue weighted by Crippen LogP contribution is 2.32. The smallest absolute Gasteiger partial charge is 0.292 e. The summed E-state index contributed by atoms with van der Waals surface area (Å²) in [6, 6.07) is 10.4. The summed E-state index contributed by atoms with van der Waals surface area (Å²) in [5.41, 5.74) is 0.537. The molecule has 0 spiro atoms. The molecule has 0 radical (unpaired) electrons. The summed E-state index contributed by atoms with van der Waals surface area (Å²) < 4.78 is 28.6. The molecule has 3 rings (SSSR count). The van der Waals surface area contributed by atoms with Crippen molar-refractivity contribution in [2.45, 2.75) is 19.8 Å². The first-order chi connectivity index (χ1) is 14.3. The quantitative estimate of drug-likeness (QED) is 0.553. The Labute approximate surface area is 177 Å². The molecule has 0 saturated carbocycles. The topological polar surface area (TPSA) is 71.1 Å². The van der Waals surface area contributed by atoms with Gasteiger partial charge in [-0.15, -0.1) is 0 Å². The lowest BCUT2D eigenvalue weighted by Crippen LogP contribution is -2.35. The highest BCUT2D eigenvalue weighted by Gasteiger charge is 2.20. The van der Waals surface area contributed by atoms with Crippen LogP contribution in [-0.2, 0) is 0 Å². The normalized spacial score (nSPS) is 10.7. The van der Waals surface area contributed by atoms with Crippen LogP contribution in [0.3, 0.4) is 0 Å². The van der Waals surface area contributed by atoms with E-state index in [9.17, 15) is 18.4 Å². The Morgan fingerprint density at radius 1 is 1.00 bits per heavy atom. The van der Waals surface area contributed by atoms with Gasteiger partial charge in [-0.2, -0.15) is 0 Å². The summed E-state index contributed by atoms with van der Waals surface area (Å²) in [5.74, 6) is -2.12. The van der Waals surface area contributed by atoms with Crippen molar-refractivity contribution in [3.05, 3.63) is 82.5 Å². The average Bonchev–Trinajstić information content (AvgIpc) is 2.70. The average molecular weight is 430 g/mol. The number of carbonyl (C=O) groups excluding carboxylic acids is 2. The van der Waals surface area contributed by atoms with Crippen molar-refractivity contribution < 1.29 is 18.4 Å². The number of hydrogen-bond acceptors (Lipinski definition) is 3. The van der Waals surface area contributed by atoms with Crippen LogP contribution in [0.2, 0.25) is 5.02 Å². The van der Waals surface area contributed by atoms with Crippen molar-refractivity contribution in [2.24, 2.45) is 0 Å². The van der Waals surface area contributed by atoms with E-state index in [1.54, 1.807) is 18.2 Å². The van der Waals surface area contributed by atoms with Crippen LogP contribution in [0.15, 0.2) is 54.7 Å². The zero-order chi connectivity index (χ0) is 21.8. The SMILES string of the molecule is CC(C)c1cccnc1NC(=O)NC(=O)c1cc(Cl)c(-c2ccccc2F)cc1F. The van der Waals surface area contributed by atoms with E-state index in [2.05, 4.69) is 10.3 Å². The second-order valence-corrected chi connectivity index (χ2v) is 7.20. The van der Waals surface area contributed by atoms with Gasteiger partial charge in [-0.25, -0.2) is 18.6 Å². The predicted octanol–water partition coefficient (Wildman–Crippen LogP) is 5.77. The fourth-order valence-corrected chi connectivity index (χ4v) is 3.17. The van der Waals surface area contributed by atoms with Crippen LogP contribution in [0.4, 0.5) is 19.4 Å². The van der Waals surface area contributed by atoms with Crippen LogP contribution in [-0.4, -0.2) is 16.9 Å². The minimum Gasteiger partial charge on any atom is -0.292 e. The Hall–Kier alpha value is -3.32. The van der Waals surface area contributed by atoms with Gasteiger partial charge in [0.1, 0.15) is 17.5 Å². The van der Waals surface area contributed by atoms with E-state index in [0.717, 1.165) is 17.7 Å². The van der Waals surface area contributed by atoms with Gasteiger partial charge in [0.15, 0.2) is 0 Å². The first-order valence-electron chi connectivity index (χ1n) is 9.09. The molecule has 0 bridgehead atoms. The number of pyridine rings is 1.